The van der Waals surface area contributed by atoms with Crippen molar-refractivity contribution in [2.24, 2.45) is 0 Å². The zero-order chi connectivity index (χ0) is 20.9. The molecule has 0 bridgehead atoms. The van der Waals surface area contributed by atoms with Gasteiger partial charge in [-0.05, 0) is 24.6 Å². The summed E-state index contributed by atoms with van der Waals surface area (Å²) >= 11 is 0. The molecule has 0 spiro atoms. The van der Waals surface area contributed by atoms with Crippen molar-refractivity contribution in [3.8, 4) is 5.75 Å². The predicted molar refractivity (Wildman–Crippen MR) is 94.7 cm³/mol. The second-order valence-electron chi connectivity index (χ2n) is 6.09. The van der Waals surface area contributed by atoms with Crippen LogP contribution >= 0.6 is 0 Å². The summed E-state index contributed by atoms with van der Waals surface area (Å²) in [6.07, 6.45) is -7.70. The lowest BCUT2D eigenvalue weighted by atomic mass is 9.92. The second-order valence-corrected chi connectivity index (χ2v) is 6.09. The fourth-order valence-corrected chi connectivity index (χ4v) is 2.82. The first-order chi connectivity index (χ1) is 13.2. The molecule has 0 unspecified atom stereocenters. The minimum absolute atomic E-state index is 0.310. The number of hydrogen-bond acceptors (Lipinski definition) is 5. The van der Waals surface area contributed by atoms with E-state index in [1.807, 2.05) is 0 Å². The maximum Gasteiger partial charge on any atom is 0.432 e. The Balaban J connectivity index is 2.45. The first-order valence-corrected chi connectivity index (χ1v) is 8.38. The van der Waals surface area contributed by atoms with Crippen LogP contribution in [-0.4, -0.2) is 37.6 Å². The van der Waals surface area contributed by atoms with Crippen LogP contribution in [0.4, 0.5) is 13.2 Å². The average molecular weight is 398 g/mol. The number of esters is 1. The van der Waals surface area contributed by atoms with Crippen molar-refractivity contribution in [1.82, 2.24) is 0 Å². The number of hydrogen-bond donors (Lipinski definition) is 1. The van der Waals surface area contributed by atoms with Gasteiger partial charge in [0, 0.05) is 12.7 Å². The molecule has 0 fully saturated rings. The van der Waals surface area contributed by atoms with Crippen LogP contribution in [0.1, 0.15) is 24.2 Å². The van der Waals surface area contributed by atoms with Crippen LogP contribution in [0.3, 0.4) is 0 Å². The van der Waals surface area contributed by atoms with Crippen LogP contribution in [0.5, 0.6) is 5.75 Å². The number of methoxy groups -OCH3 is 2. The number of halogens is 3. The molecular weight excluding hydrogens is 377 g/mol. The van der Waals surface area contributed by atoms with Gasteiger partial charge in [0.25, 0.3) is 5.60 Å². The molecule has 1 N–H and O–H groups in total. The third kappa shape index (κ3) is 4.13. The highest BCUT2D eigenvalue weighted by Crippen LogP contribution is 2.44. The molecule has 0 aromatic heterocycles. The van der Waals surface area contributed by atoms with Gasteiger partial charge in [0.1, 0.15) is 5.75 Å². The molecule has 152 valence electrons. The molecule has 0 aliphatic heterocycles. The summed E-state index contributed by atoms with van der Waals surface area (Å²) in [6, 6.07) is 12.6. The molecule has 0 aliphatic rings. The molecule has 0 aliphatic carbocycles. The standard InChI is InChI=1S/C20H21F3O5/c1-13(24)17(14-9-11-16(26-2)12-10-14)28-18(25)19(27-3,20(21,22)23)15-7-5-4-6-8-15/h4-13,17,24H,1-3H3/t13-,17+,19+/m0/s1. The largest absolute Gasteiger partial charge is 0.497 e. The van der Waals surface area contributed by atoms with Gasteiger partial charge in [0.05, 0.1) is 13.2 Å². The Morgan fingerprint density at radius 1 is 1.00 bits per heavy atom. The highest BCUT2D eigenvalue weighted by Gasteiger charge is 2.64. The van der Waals surface area contributed by atoms with Crippen LogP contribution in [0.15, 0.2) is 54.6 Å². The SMILES string of the molecule is COc1ccc([C@H](OC(=O)[C@](OC)(c2ccccc2)C(F)(F)F)[C@H](C)O)cc1. The van der Waals surface area contributed by atoms with Gasteiger partial charge in [-0.25, -0.2) is 4.79 Å². The minimum Gasteiger partial charge on any atom is -0.497 e. The summed E-state index contributed by atoms with van der Waals surface area (Å²) < 4.78 is 56.7. The monoisotopic (exact) mass is 398 g/mol. The Labute approximate surface area is 160 Å². The topological polar surface area (TPSA) is 65.0 Å². The number of ether oxygens (including phenoxy) is 3. The third-order valence-electron chi connectivity index (χ3n) is 4.29. The molecule has 0 amide bonds. The summed E-state index contributed by atoms with van der Waals surface area (Å²) in [5.74, 6) is -1.17. The van der Waals surface area contributed by atoms with E-state index in [4.69, 9.17) is 14.2 Å². The second kappa shape index (κ2) is 8.62. The Bertz CT molecular complexity index is 775. The molecule has 8 heteroatoms. The van der Waals surface area contributed by atoms with Gasteiger partial charge >= 0.3 is 12.1 Å². The van der Waals surface area contributed by atoms with E-state index in [9.17, 15) is 23.1 Å². The normalized spacial score (nSPS) is 16.0. The molecule has 0 saturated carbocycles. The summed E-state index contributed by atoms with van der Waals surface area (Å²) in [6.45, 7) is 1.31. The number of alkyl halides is 3. The Morgan fingerprint density at radius 3 is 2.00 bits per heavy atom. The first-order valence-electron chi connectivity index (χ1n) is 8.38. The molecule has 3 atom stereocenters. The number of aliphatic hydroxyl groups excluding tert-OH is 1. The summed E-state index contributed by atoms with van der Waals surface area (Å²) in [5, 5.41) is 10.0. The highest BCUT2D eigenvalue weighted by atomic mass is 19.4. The highest BCUT2D eigenvalue weighted by molar-refractivity contribution is 5.83. The number of carbonyl (C=O) groups excluding carboxylic acids is 1. The summed E-state index contributed by atoms with van der Waals surface area (Å²) in [4.78, 5) is 12.8. The molecule has 2 rings (SSSR count). The molecule has 0 saturated heterocycles. The molecule has 2 aromatic rings. The first kappa shape index (κ1) is 21.7. The number of benzene rings is 2. The third-order valence-corrected chi connectivity index (χ3v) is 4.29. The molecule has 2 aromatic carbocycles. The number of rotatable bonds is 7. The van der Waals surface area contributed by atoms with Gasteiger partial charge in [0.15, 0.2) is 6.10 Å². The van der Waals surface area contributed by atoms with E-state index in [-0.39, 0.29) is 0 Å². The van der Waals surface area contributed by atoms with Crippen molar-refractivity contribution in [2.45, 2.75) is 30.9 Å². The number of aliphatic hydroxyl groups is 1. The van der Waals surface area contributed by atoms with Crippen LogP contribution < -0.4 is 4.74 Å². The van der Waals surface area contributed by atoms with E-state index in [2.05, 4.69) is 0 Å². The molecule has 0 heterocycles. The van der Waals surface area contributed by atoms with Crippen molar-refractivity contribution in [3.63, 3.8) is 0 Å². The average Bonchev–Trinajstić information content (AvgIpc) is 2.66. The summed E-state index contributed by atoms with van der Waals surface area (Å²) in [7, 11) is 2.24. The van der Waals surface area contributed by atoms with Crippen LogP contribution in [0.25, 0.3) is 0 Å². The fraction of sp³-hybridized carbons (Fsp3) is 0.350. The lowest BCUT2D eigenvalue weighted by Gasteiger charge is -2.34. The van der Waals surface area contributed by atoms with Crippen LogP contribution in [-0.2, 0) is 19.9 Å². The Morgan fingerprint density at radius 2 is 1.57 bits per heavy atom. The maximum atomic E-state index is 14.0. The Kier molecular flexibility index (Phi) is 6.69. The fourth-order valence-electron chi connectivity index (χ4n) is 2.82. The van der Waals surface area contributed by atoms with E-state index in [1.165, 1.54) is 44.4 Å². The lowest BCUT2D eigenvalue weighted by Crippen LogP contribution is -2.52. The maximum absolute atomic E-state index is 14.0. The smallest absolute Gasteiger partial charge is 0.432 e. The lowest BCUT2D eigenvalue weighted by molar-refractivity contribution is -0.279. The van der Waals surface area contributed by atoms with Gasteiger partial charge in [0.2, 0.25) is 0 Å². The van der Waals surface area contributed by atoms with Crippen molar-refractivity contribution in [2.75, 3.05) is 14.2 Å². The van der Waals surface area contributed by atoms with E-state index in [0.717, 1.165) is 19.2 Å². The summed E-state index contributed by atoms with van der Waals surface area (Å²) in [5.41, 5.74) is -3.44. The molecule has 0 radical (unpaired) electrons. The molecular formula is C20H21F3O5. The van der Waals surface area contributed by atoms with Crippen LogP contribution in [0.2, 0.25) is 0 Å². The van der Waals surface area contributed by atoms with E-state index >= 15 is 0 Å². The molecule has 5 nitrogen and oxygen atoms in total. The number of carbonyl (C=O) groups is 1. The van der Waals surface area contributed by atoms with Crippen molar-refractivity contribution >= 4 is 5.97 Å². The van der Waals surface area contributed by atoms with E-state index < -0.39 is 35.5 Å². The van der Waals surface area contributed by atoms with E-state index in [0.29, 0.717) is 11.3 Å². The van der Waals surface area contributed by atoms with Crippen molar-refractivity contribution in [1.29, 1.82) is 0 Å². The van der Waals surface area contributed by atoms with Crippen LogP contribution in [0, 0.1) is 0 Å². The van der Waals surface area contributed by atoms with Gasteiger partial charge in [-0.3, -0.25) is 0 Å². The van der Waals surface area contributed by atoms with Crippen molar-refractivity contribution in [3.05, 3.63) is 65.7 Å². The van der Waals surface area contributed by atoms with Crippen molar-refractivity contribution < 1.29 is 37.3 Å². The van der Waals surface area contributed by atoms with E-state index in [1.54, 1.807) is 12.1 Å². The zero-order valence-corrected chi connectivity index (χ0v) is 15.6. The van der Waals surface area contributed by atoms with Gasteiger partial charge in [-0.15, -0.1) is 0 Å². The zero-order valence-electron chi connectivity index (χ0n) is 15.6. The predicted octanol–water partition coefficient (Wildman–Crippen LogP) is 3.76. The van der Waals surface area contributed by atoms with Gasteiger partial charge in [-0.1, -0.05) is 42.5 Å². The minimum atomic E-state index is -5.09. The quantitative estimate of drug-likeness (QED) is 0.720. The molecule has 28 heavy (non-hydrogen) atoms. The van der Waals surface area contributed by atoms with Gasteiger partial charge < -0.3 is 19.3 Å². The Hall–Kier alpha value is -2.58. The van der Waals surface area contributed by atoms with Gasteiger partial charge in [-0.2, -0.15) is 13.2 Å².